The van der Waals surface area contributed by atoms with Crippen molar-refractivity contribution in [3.8, 4) is 0 Å². The molecule has 0 aliphatic carbocycles. The molecule has 0 spiro atoms. The van der Waals surface area contributed by atoms with E-state index in [0.29, 0.717) is 0 Å². The summed E-state index contributed by atoms with van der Waals surface area (Å²) in [7, 11) is 0. The highest BCUT2D eigenvalue weighted by molar-refractivity contribution is 9.10. The van der Waals surface area contributed by atoms with Crippen LogP contribution in [-0.2, 0) is 13.1 Å². The van der Waals surface area contributed by atoms with E-state index in [1.165, 1.54) is 27.8 Å². The third-order valence-electron chi connectivity index (χ3n) is 3.56. The van der Waals surface area contributed by atoms with Crippen molar-refractivity contribution in [3.63, 3.8) is 0 Å². The fourth-order valence-corrected chi connectivity index (χ4v) is 2.45. The lowest BCUT2D eigenvalue weighted by Gasteiger charge is -2.10. The van der Waals surface area contributed by atoms with Gasteiger partial charge in [-0.25, -0.2) is 0 Å². The summed E-state index contributed by atoms with van der Waals surface area (Å²) in [5, 5.41) is 3.50. The molecule has 0 bridgehead atoms. The van der Waals surface area contributed by atoms with Crippen molar-refractivity contribution in [2.75, 3.05) is 0 Å². The van der Waals surface area contributed by atoms with Crippen LogP contribution in [0.15, 0.2) is 40.9 Å². The fraction of sp³-hybridized carbons (Fsp3) is 0.294. The maximum atomic E-state index is 3.50. The Balaban J connectivity index is 1.94. The van der Waals surface area contributed by atoms with Crippen molar-refractivity contribution in [1.82, 2.24) is 5.32 Å². The van der Waals surface area contributed by atoms with Gasteiger partial charge in [-0.3, -0.25) is 0 Å². The SMILES string of the molecule is Cc1cc(CNCc2ccc(Br)cc2)cc(C)c1C. The third kappa shape index (κ3) is 3.92. The van der Waals surface area contributed by atoms with Crippen LogP contribution in [0.25, 0.3) is 0 Å². The van der Waals surface area contributed by atoms with Gasteiger partial charge in [-0.1, -0.05) is 40.2 Å². The zero-order chi connectivity index (χ0) is 13.8. The zero-order valence-corrected chi connectivity index (χ0v) is 13.3. The molecule has 1 nitrogen and oxygen atoms in total. The van der Waals surface area contributed by atoms with Gasteiger partial charge in [0.05, 0.1) is 0 Å². The lowest BCUT2D eigenvalue weighted by molar-refractivity contribution is 0.692. The van der Waals surface area contributed by atoms with Crippen LogP contribution in [-0.4, -0.2) is 0 Å². The van der Waals surface area contributed by atoms with Crippen LogP contribution in [0.2, 0.25) is 0 Å². The lowest BCUT2D eigenvalue weighted by Crippen LogP contribution is -2.13. The van der Waals surface area contributed by atoms with E-state index in [1.54, 1.807) is 0 Å². The van der Waals surface area contributed by atoms with E-state index >= 15 is 0 Å². The molecule has 0 aliphatic rings. The molecule has 0 saturated heterocycles. The number of benzene rings is 2. The van der Waals surface area contributed by atoms with E-state index in [-0.39, 0.29) is 0 Å². The minimum absolute atomic E-state index is 0.902. The number of halogens is 1. The van der Waals surface area contributed by atoms with Gasteiger partial charge in [0.2, 0.25) is 0 Å². The maximum Gasteiger partial charge on any atom is 0.0208 e. The molecule has 0 aromatic heterocycles. The summed E-state index contributed by atoms with van der Waals surface area (Å²) < 4.78 is 1.13. The van der Waals surface area contributed by atoms with E-state index < -0.39 is 0 Å². The second kappa shape index (κ2) is 6.36. The normalized spacial score (nSPS) is 10.7. The van der Waals surface area contributed by atoms with Crippen LogP contribution in [0.4, 0.5) is 0 Å². The van der Waals surface area contributed by atoms with Crippen molar-refractivity contribution in [2.45, 2.75) is 33.9 Å². The van der Waals surface area contributed by atoms with Gasteiger partial charge in [0.25, 0.3) is 0 Å². The Morgan fingerprint density at radius 1 is 0.842 bits per heavy atom. The van der Waals surface area contributed by atoms with Crippen molar-refractivity contribution in [3.05, 3.63) is 68.7 Å². The van der Waals surface area contributed by atoms with E-state index in [2.05, 4.69) is 78.4 Å². The van der Waals surface area contributed by atoms with E-state index in [4.69, 9.17) is 0 Å². The molecule has 0 amide bonds. The Morgan fingerprint density at radius 3 is 1.95 bits per heavy atom. The number of hydrogen-bond donors (Lipinski definition) is 1. The fourth-order valence-electron chi connectivity index (χ4n) is 2.18. The average Bonchev–Trinajstić information content (AvgIpc) is 2.38. The number of nitrogens with one attached hydrogen (secondary N) is 1. The van der Waals surface area contributed by atoms with Gasteiger partial charge in [0.1, 0.15) is 0 Å². The molecule has 0 radical (unpaired) electrons. The molecular weight excluding hydrogens is 298 g/mol. The molecule has 0 atom stereocenters. The molecule has 2 aromatic carbocycles. The van der Waals surface area contributed by atoms with Crippen LogP contribution in [0.3, 0.4) is 0 Å². The standard InChI is InChI=1S/C17H20BrN/c1-12-8-16(9-13(2)14(12)3)11-19-10-15-4-6-17(18)7-5-15/h4-9,19H,10-11H2,1-3H3. The molecule has 0 fully saturated rings. The zero-order valence-electron chi connectivity index (χ0n) is 11.8. The predicted molar refractivity (Wildman–Crippen MR) is 85.3 cm³/mol. The molecule has 1 N–H and O–H groups in total. The molecule has 0 aliphatic heterocycles. The topological polar surface area (TPSA) is 12.0 Å². The summed E-state index contributed by atoms with van der Waals surface area (Å²) >= 11 is 3.45. The lowest BCUT2D eigenvalue weighted by atomic mass is 10.0. The molecule has 19 heavy (non-hydrogen) atoms. The molecule has 2 heteroatoms. The molecular formula is C17H20BrN. The van der Waals surface area contributed by atoms with Crippen molar-refractivity contribution in [2.24, 2.45) is 0 Å². The molecule has 2 aromatic rings. The highest BCUT2D eigenvalue weighted by Crippen LogP contribution is 2.15. The van der Waals surface area contributed by atoms with Crippen molar-refractivity contribution >= 4 is 15.9 Å². The average molecular weight is 318 g/mol. The molecule has 100 valence electrons. The van der Waals surface area contributed by atoms with Crippen LogP contribution in [0.1, 0.15) is 27.8 Å². The van der Waals surface area contributed by atoms with E-state index in [0.717, 1.165) is 17.6 Å². The highest BCUT2D eigenvalue weighted by atomic mass is 79.9. The maximum absolute atomic E-state index is 3.50. The van der Waals surface area contributed by atoms with Gasteiger partial charge in [0.15, 0.2) is 0 Å². The van der Waals surface area contributed by atoms with Crippen LogP contribution < -0.4 is 5.32 Å². The first-order valence-electron chi connectivity index (χ1n) is 6.58. The van der Waals surface area contributed by atoms with Gasteiger partial charge < -0.3 is 5.32 Å². The Labute approximate surface area is 124 Å². The van der Waals surface area contributed by atoms with E-state index in [9.17, 15) is 0 Å². The molecule has 0 saturated carbocycles. The smallest absolute Gasteiger partial charge is 0.0208 e. The summed E-state index contributed by atoms with van der Waals surface area (Å²) in [6, 6.07) is 13.0. The molecule has 0 heterocycles. The second-order valence-corrected chi connectivity index (χ2v) is 6.00. The largest absolute Gasteiger partial charge is 0.309 e. The van der Waals surface area contributed by atoms with Gasteiger partial charge in [-0.05, 0) is 60.7 Å². The summed E-state index contributed by atoms with van der Waals surface area (Å²) in [6.07, 6.45) is 0. The molecule has 2 rings (SSSR count). The number of rotatable bonds is 4. The van der Waals surface area contributed by atoms with Gasteiger partial charge in [0, 0.05) is 17.6 Å². The van der Waals surface area contributed by atoms with Crippen LogP contribution in [0.5, 0.6) is 0 Å². The predicted octanol–water partition coefficient (Wildman–Crippen LogP) is 4.66. The Bertz CT molecular complexity index is 535. The minimum Gasteiger partial charge on any atom is -0.309 e. The van der Waals surface area contributed by atoms with E-state index in [1.807, 2.05) is 0 Å². The Kier molecular flexibility index (Phi) is 4.78. The summed E-state index contributed by atoms with van der Waals surface area (Å²) in [5.74, 6) is 0. The van der Waals surface area contributed by atoms with Crippen LogP contribution >= 0.6 is 15.9 Å². The summed E-state index contributed by atoms with van der Waals surface area (Å²) in [5.41, 5.74) is 6.82. The minimum atomic E-state index is 0.902. The Morgan fingerprint density at radius 2 is 1.37 bits per heavy atom. The van der Waals surface area contributed by atoms with Gasteiger partial charge in [-0.15, -0.1) is 0 Å². The Hall–Kier alpha value is -1.12. The first-order valence-corrected chi connectivity index (χ1v) is 7.37. The first-order chi connectivity index (χ1) is 9.06. The quantitative estimate of drug-likeness (QED) is 0.864. The van der Waals surface area contributed by atoms with Gasteiger partial charge in [-0.2, -0.15) is 0 Å². The van der Waals surface area contributed by atoms with Crippen molar-refractivity contribution < 1.29 is 0 Å². The van der Waals surface area contributed by atoms with Gasteiger partial charge >= 0.3 is 0 Å². The third-order valence-corrected chi connectivity index (χ3v) is 4.09. The number of aryl methyl sites for hydroxylation is 2. The summed E-state index contributed by atoms with van der Waals surface area (Å²) in [6.45, 7) is 8.36. The number of hydrogen-bond acceptors (Lipinski definition) is 1. The molecule has 0 unspecified atom stereocenters. The monoisotopic (exact) mass is 317 g/mol. The highest BCUT2D eigenvalue weighted by Gasteiger charge is 2.01. The van der Waals surface area contributed by atoms with Crippen LogP contribution in [0, 0.1) is 20.8 Å². The first kappa shape index (κ1) is 14.3. The van der Waals surface area contributed by atoms with Crippen molar-refractivity contribution in [1.29, 1.82) is 0 Å². The summed E-state index contributed by atoms with van der Waals surface area (Å²) in [4.78, 5) is 0. The second-order valence-electron chi connectivity index (χ2n) is 5.08.